The summed E-state index contributed by atoms with van der Waals surface area (Å²) in [5.74, 6) is 0.868. The number of hydrogen-bond acceptors (Lipinski definition) is 3. The second-order valence-corrected chi connectivity index (χ2v) is 4.64. The van der Waals surface area contributed by atoms with Crippen LogP contribution in [-0.4, -0.2) is 4.98 Å². The SMILES string of the molecule is c1ccc(COc2ccc3scnc3c2)cc1. The van der Waals surface area contributed by atoms with E-state index in [1.54, 1.807) is 11.3 Å². The summed E-state index contributed by atoms with van der Waals surface area (Å²) in [7, 11) is 0. The second kappa shape index (κ2) is 4.55. The summed E-state index contributed by atoms with van der Waals surface area (Å²) < 4.78 is 6.93. The number of rotatable bonds is 3. The van der Waals surface area contributed by atoms with Crippen molar-refractivity contribution in [3.05, 3.63) is 59.6 Å². The monoisotopic (exact) mass is 241 g/mol. The van der Waals surface area contributed by atoms with Crippen LogP contribution in [0.5, 0.6) is 5.75 Å². The molecule has 17 heavy (non-hydrogen) atoms. The van der Waals surface area contributed by atoms with Crippen molar-refractivity contribution >= 4 is 21.6 Å². The number of hydrogen-bond donors (Lipinski definition) is 0. The van der Waals surface area contributed by atoms with Crippen molar-refractivity contribution in [1.29, 1.82) is 0 Å². The molecule has 0 fully saturated rings. The molecule has 1 aromatic heterocycles. The average Bonchev–Trinajstić information content (AvgIpc) is 2.85. The smallest absolute Gasteiger partial charge is 0.122 e. The molecule has 0 spiro atoms. The normalized spacial score (nSPS) is 10.6. The van der Waals surface area contributed by atoms with Gasteiger partial charge in [0, 0.05) is 6.07 Å². The Hall–Kier alpha value is -1.87. The summed E-state index contributed by atoms with van der Waals surface area (Å²) in [6.45, 7) is 0.594. The Kier molecular flexibility index (Phi) is 2.76. The van der Waals surface area contributed by atoms with Gasteiger partial charge in [-0.15, -0.1) is 11.3 Å². The van der Waals surface area contributed by atoms with Crippen LogP contribution in [-0.2, 0) is 6.61 Å². The van der Waals surface area contributed by atoms with Crippen molar-refractivity contribution in [3.8, 4) is 5.75 Å². The Labute approximate surface area is 104 Å². The lowest BCUT2D eigenvalue weighted by Gasteiger charge is -2.05. The zero-order chi connectivity index (χ0) is 11.5. The van der Waals surface area contributed by atoms with E-state index < -0.39 is 0 Å². The topological polar surface area (TPSA) is 22.1 Å². The first-order valence-corrected chi connectivity index (χ1v) is 6.30. The average molecular weight is 241 g/mol. The van der Waals surface area contributed by atoms with Crippen molar-refractivity contribution in [3.63, 3.8) is 0 Å². The third-order valence-electron chi connectivity index (χ3n) is 2.55. The molecule has 0 bridgehead atoms. The van der Waals surface area contributed by atoms with Gasteiger partial charge in [-0.3, -0.25) is 0 Å². The van der Waals surface area contributed by atoms with Crippen LogP contribution in [0.3, 0.4) is 0 Å². The van der Waals surface area contributed by atoms with E-state index in [4.69, 9.17) is 4.74 Å². The van der Waals surface area contributed by atoms with Crippen molar-refractivity contribution in [2.75, 3.05) is 0 Å². The molecule has 3 aromatic rings. The molecular weight excluding hydrogens is 230 g/mol. The van der Waals surface area contributed by atoms with Gasteiger partial charge in [-0.2, -0.15) is 0 Å². The Balaban J connectivity index is 1.76. The summed E-state index contributed by atoms with van der Waals surface area (Å²) >= 11 is 1.64. The van der Waals surface area contributed by atoms with Crippen LogP contribution in [0.4, 0.5) is 0 Å². The molecule has 0 unspecified atom stereocenters. The van der Waals surface area contributed by atoms with Crippen LogP contribution in [0.15, 0.2) is 54.0 Å². The highest BCUT2D eigenvalue weighted by Gasteiger charge is 2.00. The lowest BCUT2D eigenvalue weighted by Crippen LogP contribution is -1.94. The molecule has 84 valence electrons. The van der Waals surface area contributed by atoms with E-state index in [1.807, 2.05) is 41.9 Å². The lowest BCUT2D eigenvalue weighted by atomic mass is 10.2. The standard InChI is InChI=1S/C14H11NOS/c1-2-4-11(5-3-1)9-16-12-6-7-14-13(8-12)15-10-17-14/h1-8,10H,9H2. The summed E-state index contributed by atoms with van der Waals surface area (Å²) in [5.41, 5.74) is 4.03. The molecule has 0 aliphatic carbocycles. The van der Waals surface area contributed by atoms with Gasteiger partial charge in [0.1, 0.15) is 12.4 Å². The lowest BCUT2D eigenvalue weighted by molar-refractivity contribution is 0.306. The summed E-state index contributed by atoms with van der Waals surface area (Å²) in [5, 5.41) is 0. The minimum absolute atomic E-state index is 0.594. The van der Waals surface area contributed by atoms with Gasteiger partial charge in [0.05, 0.1) is 15.7 Å². The quantitative estimate of drug-likeness (QED) is 0.694. The maximum atomic E-state index is 5.73. The van der Waals surface area contributed by atoms with Gasteiger partial charge in [-0.05, 0) is 17.7 Å². The van der Waals surface area contributed by atoms with Crippen LogP contribution >= 0.6 is 11.3 Å². The van der Waals surface area contributed by atoms with Crippen LogP contribution in [0.25, 0.3) is 10.2 Å². The highest BCUT2D eigenvalue weighted by molar-refractivity contribution is 7.16. The predicted octanol–water partition coefficient (Wildman–Crippen LogP) is 3.88. The van der Waals surface area contributed by atoms with E-state index in [0.29, 0.717) is 6.61 Å². The van der Waals surface area contributed by atoms with E-state index in [0.717, 1.165) is 11.3 Å². The van der Waals surface area contributed by atoms with Gasteiger partial charge in [0.2, 0.25) is 0 Å². The molecular formula is C14H11NOS. The Morgan fingerprint density at radius 1 is 1.06 bits per heavy atom. The largest absolute Gasteiger partial charge is 0.489 e. The molecule has 0 radical (unpaired) electrons. The van der Waals surface area contributed by atoms with Crippen LogP contribution < -0.4 is 4.74 Å². The molecule has 0 saturated carbocycles. The molecule has 0 aliphatic heterocycles. The van der Waals surface area contributed by atoms with Gasteiger partial charge in [0.15, 0.2) is 0 Å². The Morgan fingerprint density at radius 2 is 1.94 bits per heavy atom. The predicted molar refractivity (Wildman–Crippen MR) is 70.4 cm³/mol. The maximum Gasteiger partial charge on any atom is 0.122 e. The van der Waals surface area contributed by atoms with E-state index in [1.165, 1.54) is 10.3 Å². The van der Waals surface area contributed by atoms with Crippen molar-refractivity contribution in [2.24, 2.45) is 0 Å². The highest BCUT2D eigenvalue weighted by Crippen LogP contribution is 2.23. The van der Waals surface area contributed by atoms with Crippen LogP contribution in [0.1, 0.15) is 5.56 Å². The van der Waals surface area contributed by atoms with Gasteiger partial charge < -0.3 is 4.74 Å². The third-order valence-corrected chi connectivity index (χ3v) is 3.36. The number of benzene rings is 2. The molecule has 0 amide bonds. The highest BCUT2D eigenvalue weighted by atomic mass is 32.1. The molecule has 0 N–H and O–H groups in total. The molecule has 3 heteroatoms. The molecule has 3 rings (SSSR count). The Bertz CT molecular complexity index is 618. The molecule has 0 atom stereocenters. The van der Waals surface area contributed by atoms with Crippen molar-refractivity contribution in [1.82, 2.24) is 4.98 Å². The summed E-state index contributed by atoms with van der Waals surface area (Å²) in [4.78, 5) is 4.27. The first kappa shape index (κ1) is 10.3. The van der Waals surface area contributed by atoms with Gasteiger partial charge >= 0.3 is 0 Å². The first-order valence-electron chi connectivity index (χ1n) is 5.42. The summed E-state index contributed by atoms with van der Waals surface area (Å²) in [6, 6.07) is 16.2. The van der Waals surface area contributed by atoms with Crippen LogP contribution in [0.2, 0.25) is 0 Å². The first-order chi connectivity index (χ1) is 8.42. The molecule has 2 aromatic carbocycles. The van der Waals surface area contributed by atoms with E-state index >= 15 is 0 Å². The fourth-order valence-corrected chi connectivity index (χ4v) is 2.33. The maximum absolute atomic E-state index is 5.73. The number of nitrogens with zero attached hydrogens (tertiary/aromatic N) is 1. The number of aromatic nitrogens is 1. The van der Waals surface area contributed by atoms with E-state index in [-0.39, 0.29) is 0 Å². The number of ether oxygens (including phenoxy) is 1. The number of fused-ring (bicyclic) bond motifs is 1. The Morgan fingerprint density at radius 3 is 2.82 bits per heavy atom. The van der Waals surface area contributed by atoms with Gasteiger partial charge in [0.25, 0.3) is 0 Å². The van der Waals surface area contributed by atoms with E-state index in [2.05, 4.69) is 17.1 Å². The molecule has 0 saturated heterocycles. The molecule has 1 heterocycles. The van der Waals surface area contributed by atoms with Crippen molar-refractivity contribution in [2.45, 2.75) is 6.61 Å². The van der Waals surface area contributed by atoms with Gasteiger partial charge in [-0.1, -0.05) is 30.3 Å². The van der Waals surface area contributed by atoms with Gasteiger partial charge in [-0.25, -0.2) is 4.98 Å². The minimum Gasteiger partial charge on any atom is -0.489 e. The fraction of sp³-hybridized carbons (Fsp3) is 0.0714. The molecule has 2 nitrogen and oxygen atoms in total. The van der Waals surface area contributed by atoms with E-state index in [9.17, 15) is 0 Å². The minimum atomic E-state index is 0.594. The van der Waals surface area contributed by atoms with Crippen LogP contribution in [0, 0.1) is 0 Å². The van der Waals surface area contributed by atoms with Crippen molar-refractivity contribution < 1.29 is 4.74 Å². The zero-order valence-electron chi connectivity index (χ0n) is 9.17. The number of thiazole rings is 1. The zero-order valence-corrected chi connectivity index (χ0v) is 9.98. The second-order valence-electron chi connectivity index (χ2n) is 3.76. The molecule has 0 aliphatic rings. The fourth-order valence-electron chi connectivity index (χ4n) is 1.67. The third kappa shape index (κ3) is 2.29. The summed E-state index contributed by atoms with van der Waals surface area (Å²) in [6.07, 6.45) is 0.